The van der Waals surface area contributed by atoms with Crippen molar-refractivity contribution in [1.29, 1.82) is 0 Å². The number of aromatic nitrogens is 2. The SMILES string of the molecule is CC(CC1CCCCN1)Nc1cccc(-n2cccn2)c1. The zero-order valence-electron chi connectivity index (χ0n) is 12.6. The van der Waals surface area contributed by atoms with Crippen LogP contribution in [0.25, 0.3) is 5.69 Å². The van der Waals surface area contributed by atoms with Crippen molar-refractivity contribution in [2.45, 2.75) is 44.7 Å². The molecule has 1 aromatic heterocycles. The number of piperidine rings is 1. The molecule has 0 saturated carbocycles. The van der Waals surface area contributed by atoms with Crippen LogP contribution in [0.2, 0.25) is 0 Å². The maximum absolute atomic E-state index is 4.28. The van der Waals surface area contributed by atoms with Crippen LogP contribution in [0.3, 0.4) is 0 Å². The molecule has 1 aliphatic heterocycles. The van der Waals surface area contributed by atoms with E-state index in [1.807, 2.05) is 16.9 Å². The Morgan fingerprint density at radius 2 is 2.33 bits per heavy atom. The molecule has 4 nitrogen and oxygen atoms in total. The number of hydrogen-bond acceptors (Lipinski definition) is 3. The summed E-state index contributed by atoms with van der Waals surface area (Å²) in [6, 6.07) is 11.5. The van der Waals surface area contributed by atoms with E-state index in [4.69, 9.17) is 0 Å². The second-order valence-corrected chi connectivity index (χ2v) is 5.93. The van der Waals surface area contributed by atoms with Gasteiger partial charge in [0, 0.05) is 30.2 Å². The van der Waals surface area contributed by atoms with Crippen molar-refractivity contribution in [1.82, 2.24) is 15.1 Å². The van der Waals surface area contributed by atoms with Gasteiger partial charge in [-0.05, 0) is 57.0 Å². The zero-order valence-corrected chi connectivity index (χ0v) is 12.6. The second-order valence-electron chi connectivity index (χ2n) is 5.93. The van der Waals surface area contributed by atoms with Crippen molar-refractivity contribution in [3.05, 3.63) is 42.7 Å². The first kappa shape index (κ1) is 14.1. The highest BCUT2D eigenvalue weighted by Crippen LogP contribution is 2.18. The Morgan fingerprint density at radius 3 is 3.10 bits per heavy atom. The summed E-state index contributed by atoms with van der Waals surface area (Å²) in [5.74, 6) is 0. The van der Waals surface area contributed by atoms with Gasteiger partial charge in [0.2, 0.25) is 0 Å². The van der Waals surface area contributed by atoms with Gasteiger partial charge in [-0.2, -0.15) is 5.10 Å². The first-order chi connectivity index (χ1) is 10.3. The molecule has 2 atom stereocenters. The van der Waals surface area contributed by atoms with E-state index in [1.165, 1.54) is 32.2 Å². The van der Waals surface area contributed by atoms with Crippen molar-refractivity contribution in [3.63, 3.8) is 0 Å². The molecule has 2 heterocycles. The molecule has 0 amide bonds. The smallest absolute Gasteiger partial charge is 0.0666 e. The van der Waals surface area contributed by atoms with Crippen LogP contribution in [0.1, 0.15) is 32.6 Å². The Labute approximate surface area is 126 Å². The van der Waals surface area contributed by atoms with E-state index < -0.39 is 0 Å². The summed E-state index contributed by atoms with van der Waals surface area (Å²) in [5.41, 5.74) is 2.25. The van der Waals surface area contributed by atoms with Crippen LogP contribution in [0.15, 0.2) is 42.7 Å². The zero-order chi connectivity index (χ0) is 14.5. The van der Waals surface area contributed by atoms with E-state index >= 15 is 0 Å². The maximum atomic E-state index is 4.28. The summed E-state index contributed by atoms with van der Waals surface area (Å²) in [5, 5.41) is 11.5. The summed E-state index contributed by atoms with van der Waals surface area (Å²) < 4.78 is 1.89. The number of nitrogens with one attached hydrogen (secondary N) is 2. The molecule has 2 N–H and O–H groups in total. The number of nitrogens with zero attached hydrogens (tertiary/aromatic N) is 2. The van der Waals surface area contributed by atoms with Gasteiger partial charge in [-0.3, -0.25) is 0 Å². The molecule has 0 bridgehead atoms. The number of anilines is 1. The van der Waals surface area contributed by atoms with Crippen LogP contribution in [0, 0.1) is 0 Å². The van der Waals surface area contributed by atoms with Gasteiger partial charge >= 0.3 is 0 Å². The topological polar surface area (TPSA) is 41.9 Å². The van der Waals surface area contributed by atoms with Crippen molar-refractivity contribution >= 4 is 5.69 Å². The molecule has 0 spiro atoms. The van der Waals surface area contributed by atoms with Gasteiger partial charge in [-0.1, -0.05) is 12.5 Å². The van der Waals surface area contributed by atoms with Gasteiger partial charge < -0.3 is 10.6 Å². The van der Waals surface area contributed by atoms with E-state index in [9.17, 15) is 0 Å². The Hall–Kier alpha value is -1.81. The lowest BCUT2D eigenvalue weighted by Gasteiger charge is -2.27. The predicted octanol–water partition coefficient (Wildman–Crippen LogP) is 3.20. The van der Waals surface area contributed by atoms with Crippen LogP contribution < -0.4 is 10.6 Å². The van der Waals surface area contributed by atoms with Gasteiger partial charge in [0.1, 0.15) is 0 Å². The lowest BCUT2D eigenvalue weighted by Crippen LogP contribution is -2.37. The fourth-order valence-corrected chi connectivity index (χ4v) is 3.06. The van der Waals surface area contributed by atoms with E-state index in [0.717, 1.165) is 11.4 Å². The van der Waals surface area contributed by atoms with Crippen LogP contribution in [0.5, 0.6) is 0 Å². The van der Waals surface area contributed by atoms with E-state index in [1.54, 1.807) is 6.20 Å². The van der Waals surface area contributed by atoms with E-state index in [-0.39, 0.29) is 0 Å². The second kappa shape index (κ2) is 6.76. The minimum atomic E-state index is 0.466. The van der Waals surface area contributed by atoms with E-state index in [0.29, 0.717) is 12.1 Å². The number of rotatable bonds is 5. The molecule has 0 radical (unpaired) electrons. The van der Waals surface area contributed by atoms with Crippen LogP contribution in [-0.4, -0.2) is 28.4 Å². The largest absolute Gasteiger partial charge is 0.382 e. The van der Waals surface area contributed by atoms with Crippen LogP contribution in [-0.2, 0) is 0 Å². The molecule has 1 saturated heterocycles. The minimum Gasteiger partial charge on any atom is -0.382 e. The van der Waals surface area contributed by atoms with Crippen molar-refractivity contribution < 1.29 is 0 Å². The molecule has 2 aromatic rings. The quantitative estimate of drug-likeness (QED) is 0.886. The third kappa shape index (κ3) is 3.85. The van der Waals surface area contributed by atoms with Crippen molar-refractivity contribution in [2.75, 3.05) is 11.9 Å². The Bertz CT molecular complexity index is 544. The highest BCUT2D eigenvalue weighted by molar-refractivity contribution is 5.51. The molecule has 21 heavy (non-hydrogen) atoms. The highest BCUT2D eigenvalue weighted by atomic mass is 15.3. The van der Waals surface area contributed by atoms with Crippen LogP contribution in [0.4, 0.5) is 5.69 Å². The summed E-state index contributed by atoms with van der Waals surface area (Å²) in [6.45, 7) is 3.43. The molecule has 2 unspecified atom stereocenters. The monoisotopic (exact) mass is 284 g/mol. The fourth-order valence-electron chi connectivity index (χ4n) is 3.06. The van der Waals surface area contributed by atoms with Crippen molar-refractivity contribution in [2.24, 2.45) is 0 Å². The standard InChI is InChI=1S/C17H24N4/c1-14(12-15-6-2-3-9-18-15)20-16-7-4-8-17(13-16)21-11-5-10-19-21/h4-5,7-8,10-11,13-15,18,20H,2-3,6,9,12H2,1H3. The van der Waals surface area contributed by atoms with Gasteiger partial charge in [0.25, 0.3) is 0 Å². The minimum absolute atomic E-state index is 0.466. The molecule has 112 valence electrons. The first-order valence-corrected chi connectivity index (χ1v) is 7.91. The molecule has 1 aromatic carbocycles. The summed E-state index contributed by atoms with van der Waals surface area (Å²) in [6.07, 6.45) is 8.93. The molecule has 1 aliphatic rings. The lowest BCUT2D eigenvalue weighted by atomic mass is 9.98. The van der Waals surface area contributed by atoms with Gasteiger partial charge in [0.15, 0.2) is 0 Å². The van der Waals surface area contributed by atoms with Crippen molar-refractivity contribution in [3.8, 4) is 5.69 Å². The number of hydrogen-bond donors (Lipinski definition) is 2. The van der Waals surface area contributed by atoms with Gasteiger partial charge in [0.05, 0.1) is 5.69 Å². The molecular weight excluding hydrogens is 260 g/mol. The Kier molecular flexibility index (Phi) is 4.55. The highest BCUT2D eigenvalue weighted by Gasteiger charge is 2.15. The van der Waals surface area contributed by atoms with Crippen LogP contribution >= 0.6 is 0 Å². The first-order valence-electron chi connectivity index (χ1n) is 7.91. The Morgan fingerprint density at radius 1 is 1.38 bits per heavy atom. The molecule has 0 aliphatic carbocycles. The third-order valence-electron chi connectivity index (χ3n) is 4.08. The summed E-state index contributed by atoms with van der Waals surface area (Å²) >= 11 is 0. The molecule has 1 fully saturated rings. The average Bonchev–Trinajstić information content (AvgIpc) is 3.02. The number of benzene rings is 1. The lowest BCUT2D eigenvalue weighted by molar-refractivity contribution is 0.371. The molecular formula is C17H24N4. The molecule has 4 heteroatoms. The summed E-state index contributed by atoms with van der Waals surface area (Å²) in [7, 11) is 0. The normalized spacial score (nSPS) is 20.1. The van der Waals surface area contributed by atoms with Gasteiger partial charge in [-0.15, -0.1) is 0 Å². The summed E-state index contributed by atoms with van der Waals surface area (Å²) in [4.78, 5) is 0. The Balaban J connectivity index is 1.60. The maximum Gasteiger partial charge on any atom is 0.0666 e. The third-order valence-corrected chi connectivity index (χ3v) is 4.08. The van der Waals surface area contributed by atoms with E-state index in [2.05, 4.69) is 46.9 Å². The fraction of sp³-hybridized carbons (Fsp3) is 0.471. The van der Waals surface area contributed by atoms with Gasteiger partial charge in [-0.25, -0.2) is 4.68 Å². The molecule has 3 rings (SSSR count). The predicted molar refractivity (Wildman–Crippen MR) is 86.9 cm³/mol. The average molecular weight is 284 g/mol.